The Bertz CT molecular complexity index is 1190. The van der Waals surface area contributed by atoms with E-state index in [1.807, 2.05) is 25.1 Å². The third-order valence-electron chi connectivity index (χ3n) is 6.97. The van der Waals surface area contributed by atoms with Gasteiger partial charge >= 0.3 is 0 Å². The molecule has 0 spiro atoms. The maximum Gasteiger partial charge on any atom is 0.228 e. The number of amides is 1. The van der Waals surface area contributed by atoms with Crippen LogP contribution in [-0.4, -0.2) is 68.8 Å². The molecule has 2 unspecified atom stereocenters. The summed E-state index contributed by atoms with van der Waals surface area (Å²) < 4.78 is 13.9. The molecule has 0 aromatic carbocycles. The zero-order valence-corrected chi connectivity index (χ0v) is 18.9. The normalized spacial score (nSPS) is 25.2. The number of aryl methyl sites for hydroxylation is 1. The van der Waals surface area contributed by atoms with E-state index in [9.17, 15) is 4.79 Å². The number of piperidine rings is 1. The molecule has 5 heterocycles. The largest absolute Gasteiger partial charge is 0.488 e. The lowest BCUT2D eigenvalue weighted by atomic mass is 9.92. The van der Waals surface area contributed by atoms with Gasteiger partial charge in [0.15, 0.2) is 5.82 Å². The van der Waals surface area contributed by atoms with Gasteiger partial charge in [-0.3, -0.25) is 14.7 Å². The Kier molecular flexibility index (Phi) is 5.03. The van der Waals surface area contributed by atoms with Crippen LogP contribution in [0.1, 0.15) is 31.4 Å². The Balaban J connectivity index is 1.27. The smallest absolute Gasteiger partial charge is 0.228 e. The molecule has 1 N–H and O–H groups in total. The van der Waals surface area contributed by atoms with E-state index < -0.39 is 0 Å². The summed E-state index contributed by atoms with van der Waals surface area (Å²) in [6, 6.07) is 6.63. The Morgan fingerprint density at radius 2 is 1.94 bits per heavy atom. The third-order valence-corrected chi connectivity index (χ3v) is 6.97. The molecule has 2 saturated heterocycles. The van der Waals surface area contributed by atoms with Gasteiger partial charge in [0.05, 0.1) is 30.6 Å². The standard InChI is InChI=1S/C24H28N6O3/c1-14-5-20(22(10-25-14)33-19-6-17-11-32-12-18(7-19)29(17)2)21-8-16-9-23(28-30(16)13-26-21)27-24(31)15-3-4-15/h5,8-10,13,15,17-19H,3-4,6-7,11-12H2,1-2H3,(H,27,28,31). The molecular formula is C24H28N6O3. The highest BCUT2D eigenvalue weighted by molar-refractivity contribution is 5.93. The summed E-state index contributed by atoms with van der Waals surface area (Å²) in [5.41, 5.74) is 3.46. The van der Waals surface area contributed by atoms with Gasteiger partial charge in [-0.25, -0.2) is 9.50 Å². The second-order valence-electron chi connectivity index (χ2n) is 9.48. The molecule has 2 atom stereocenters. The monoisotopic (exact) mass is 448 g/mol. The number of carbonyl (C=O) groups is 1. The number of carbonyl (C=O) groups excluding carboxylic acids is 1. The van der Waals surface area contributed by atoms with Crippen molar-refractivity contribution in [2.45, 2.75) is 50.8 Å². The molecule has 33 heavy (non-hydrogen) atoms. The van der Waals surface area contributed by atoms with Gasteiger partial charge in [-0.2, -0.15) is 0 Å². The van der Waals surface area contributed by atoms with Gasteiger partial charge < -0.3 is 14.8 Å². The molecule has 2 bridgehead atoms. The van der Waals surface area contributed by atoms with Crippen molar-refractivity contribution in [3.8, 4) is 17.0 Å². The first kappa shape index (κ1) is 20.6. The summed E-state index contributed by atoms with van der Waals surface area (Å²) in [5, 5.41) is 7.34. The summed E-state index contributed by atoms with van der Waals surface area (Å²) in [7, 11) is 2.18. The predicted molar refractivity (Wildman–Crippen MR) is 122 cm³/mol. The van der Waals surface area contributed by atoms with Crippen molar-refractivity contribution in [1.29, 1.82) is 0 Å². The van der Waals surface area contributed by atoms with E-state index in [2.05, 4.69) is 32.3 Å². The minimum atomic E-state index is 0.0420. The molecule has 6 rings (SSSR count). The molecule has 1 saturated carbocycles. The fourth-order valence-electron chi connectivity index (χ4n) is 4.85. The molecular weight excluding hydrogens is 420 g/mol. The Morgan fingerprint density at radius 3 is 2.70 bits per heavy atom. The summed E-state index contributed by atoms with van der Waals surface area (Å²) in [5.74, 6) is 1.47. The van der Waals surface area contributed by atoms with E-state index in [1.54, 1.807) is 17.0 Å². The van der Waals surface area contributed by atoms with Crippen LogP contribution >= 0.6 is 0 Å². The topological polar surface area (TPSA) is 93.9 Å². The number of pyridine rings is 1. The molecule has 3 aromatic rings. The fourth-order valence-corrected chi connectivity index (χ4v) is 4.85. The van der Waals surface area contributed by atoms with Crippen molar-refractivity contribution in [3.63, 3.8) is 0 Å². The van der Waals surface area contributed by atoms with Gasteiger partial charge in [0, 0.05) is 48.2 Å². The van der Waals surface area contributed by atoms with Gasteiger partial charge in [0.2, 0.25) is 5.91 Å². The summed E-state index contributed by atoms with van der Waals surface area (Å²) >= 11 is 0. The molecule has 3 fully saturated rings. The van der Waals surface area contributed by atoms with E-state index >= 15 is 0 Å². The number of hydrogen-bond acceptors (Lipinski definition) is 7. The third kappa shape index (κ3) is 4.06. The van der Waals surface area contributed by atoms with Crippen molar-refractivity contribution in [2.24, 2.45) is 5.92 Å². The maximum atomic E-state index is 12.1. The Labute approximate surface area is 192 Å². The number of hydrogen-bond donors (Lipinski definition) is 1. The summed E-state index contributed by atoms with van der Waals surface area (Å²) in [4.78, 5) is 23.6. The molecule has 1 aliphatic carbocycles. The number of fused-ring (bicyclic) bond motifs is 3. The van der Waals surface area contributed by atoms with E-state index in [0.29, 0.717) is 17.9 Å². The van der Waals surface area contributed by atoms with E-state index in [4.69, 9.17) is 9.47 Å². The van der Waals surface area contributed by atoms with Crippen LogP contribution in [0.5, 0.6) is 5.75 Å². The SMILES string of the molecule is Cc1cc(-c2cc3cc(NC(=O)C4CC4)nn3cn2)c(OC2CC3COCC(C2)N3C)cn1. The number of likely N-dealkylation sites (N-methyl/N-ethyl adjacent to an activating group) is 1. The first-order valence-electron chi connectivity index (χ1n) is 11.6. The number of rotatable bonds is 5. The molecule has 2 aliphatic heterocycles. The number of nitrogens with zero attached hydrogens (tertiary/aromatic N) is 5. The number of ether oxygens (including phenoxy) is 2. The van der Waals surface area contributed by atoms with Crippen LogP contribution in [-0.2, 0) is 9.53 Å². The molecule has 3 aliphatic rings. The lowest BCUT2D eigenvalue weighted by Gasteiger charge is -2.46. The lowest BCUT2D eigenvalue weighted by Crippen LogP contribution is -2.57. The van der Waals surface area contributed by atoms with Crippen molar-refractivity contribution < 1.29 is 14.3 Å². The van der Waals surface area contributed by atoms with Crippen molar-refractivity contribution in [1.82, 2.24) is 24.5 Å². The van der Waals surface area contributed by atoms with Gasteiger partial charge in [-0.05, 0) is 38.9 Å². The summed E-state index contributed by atoms with van der Waals surface area (Å²) in [6.07, 6.45) is 7.37. The number of morpholine rings is 1. The Morgan fingerprint density at radius 1 is 1.15 bits per heavy atom. The molecule has 1 amide bonds. The second kappa shape index (κ2) is 8.07. The number of anilines is 1. The molecule has 9 heteroatoms. The molecule has 9 nitrogen and oxygen atoms in total. The Hall–Kier alpha value is -3.04. The average molecular weight is 449 g/mol. The van der Waals surface area contributed by atoms with Crippen LogP contribution in [0, 0.1) is 12.8 Å². The van der Waals surface area contributed by atoms with Crippen LogP contribution in [0.4, 0.5) is 5.82 Å². The fraction of sp³-hybridized carbons (Fsp3) is 0.500. The van der Waals surface area contributed by atoms with Crippen molar-refractivity contribution in [2.75, 3.05) is 25.6 Å². The van der Waals surface area contributed by atoms with Gasteiger partial charge in [0.25, 0.3) is 0 Å². The lowest BCUT2D eigenvalue weighted by molar-refractivity contribution is -0.117. The zero-order chi connectivity index (χ0) is 22.5. The highest BCUT2D eigenvalue weighted by Gasteiger charge is 2.38. The van der Waals surface area contributed by atoms with Gasteiger partial charge in [-0.1, -0.05) is 0 Å². The van der Waals surface area contributed by atoms with E-state index in [1.165, 1.54) is 0 Å². The van der Waals surface area contributed by atoms with Crippen molar-refractivity contribution >= 4 is 17.2 Å². The van der Waals surface area contributed by atoms with Crippen LogP contribution in [0.15, 0.2) is 30.7 Å². The van der Waals surface area contributed by atoms with Crippen LogP contribution in [0.2, 0.25) is 0 Å². The molecule has 0 radical (unpaired) electrons. The average Bonchev–Trinajstić information content (AvgIpc) is 3.56. The van der Waals surface area contributed by atoms with Gasteiger partial charge in [-0.15, -0.1) is 5.10 Å². The quantitative estimate of drug-likeness (QED) is 0.641. The predicted octanol–water partition coefficient (Wildman–Crippen LogP) is 2.69. The first-order valence-corrected chi connectivity index (χ1v) is 11.6. The maximum absolute atomic E-state index is 12.1. The first-order chi connectivity index (χ1) is 16.0. The molecule has 3 aromatic heterocycles. The highest BCUT2D eigenvalue weighted by Crippen LogP contribution is 2.34. The minimum absolute atomic E-state index is 0.0420. The minimum Gasteiger partial charge on any atom is -0.488 e. The van der Waals surface area contributed by atoms with E-state index in [0.717, 1.165) is 67.1 Å². The van der Waals surface area contributed by atoms with Gasteiger partial charge in [0.1, 0.15) is 18.2 Å². The van der Waals surface area contributed by atoms with Crippen LogP contribution in [0.3, 0.4) is 0 Å². The molecule has 172 valence electrons. The highest BCUT2D eigenvalue weighted by atomic mass is 16.5. The number of nitrogens with one attached hydrogen (secondary N) is 1. The van der Waals surface area contributed by atoms with Crippen molar-refractivity contribution in [3.05, 3.63) is 36.4 Å². The van der Waals surface area contributed by atoms with E-state index in [-0.39, 0.29) is 17.9 Å². The zero-order valence-electron chi connectivity index (χ0n) is 18.9. The summed E-state index contributed by atoms with van der Waals surface area (Å²) in [6.45, 7) is 3.48. The van der Waals surface area contributed by atoms with Crippen LogP contribution in [0.25, 0.3) is 16.8 Å². The van der Waals surface area contributed by atoms with Crippen LogP contribution < -0.4 is 10.1 Å². The second-order valence-corrected chi connectivity index (χ2v) is 9.48. The number of aromatic nitrogens is 4.